The molecular weight excluding hydrogens is 485 g/mol. The molecular formula is C24H24ClF3N4O3. The van der Waals surface area contributed by atoms with Gasteiger partial charge in [-0.1, -0.05) is 17.7 Å². The first-order valence-corrected chi connectivity index (χ1v) is 11.4. The molecule has 1 aromatic heterocycles. The number of halogens is 4. The van der Waals surface area contributed by atoms with Gasteiger partial charge in [0, 0.05) is 60.8 Å². The van der Waals surface area contributed by atoms with E-state index in [1.807, 2.05) is 4.90 Å². The number of piperazine rings is 1. The van der Waals surface area contributed by atoms with Crippen molar-refractivity contribution in [2.45, 2.75) is 12.6 Å². The van der Waals surface area contributed by atoms with Crippen molar-refractivity contribution in [1.82, 2.24) is 9.88 Å². The van der Waals surface area contributed by atoms with Gasteiger partial charge in [-0.2, -0.15) is 13.2 Å². The van der Waals surface area contributed by atoms with E-state index in [0.29, 0.717) is 60.0 Å². The first kappa shape index (κ1) is 24.9. The summed E-state index contributed by atoms with van der Waals surface area (Å²) in [5.41, 5.74) is 0.946. The molecule has 186 valence electrons. The average Bonchev–Trinajstić information content (AvgIpc) is 3.19. The summed E-state index contributed by atoms with van der Waals surface area (Å²) in [5, 5.41) is 3.86. The summed E-state index contributed by atoms with van der Waals surface area (Å²) >= 11 is 6.09. The maximum absolute atomic E-state index is 13.0. The van der Waals surface area contributed by atoms with Crippen molar-refractivity contribution in [1.29, 1.82) is 0 Å². The standard InChI is InChI=1S/C24H24ClF3N4O3/c1-35-23(34)22-21(18-14-16(25)5-6-19(18)29-22)30-20(33)7-8-31-9-11-32(12-10-31)17-4-2-3-15(13-17)24(26,27)28/h2-6,13-14,29H,7-12H2,1H3,(H,30,33). The second-order valence-electron chi connectivity index (χ2n) is 8.23. The van der Waals surface area contributed by atoms with Crippen molar-refractivity contribution in [2.24, 2.45) is 0 Å². The molecule has 0 atom stereocenters. The molecule has 35 heavy (non-hydrogen) atoms. The zero-order valence-corrected chi connectivity index (χ0v) is 19.7. The predicted octanol–water partition coefficient (Wildman–Crippen LogP) is 4.78. The smallest absolute Gasteiger partial charge is 0.416 e. The minimum Gasteiger partial charge on any atom is -0.464 e. The quantitative estimate of drug-likeness (QED) is 0.469. The lowest BCUT2D eigenvalue weighted by Crippen LogP contribution is -2.47. The third-order valence-electron chi connectivity index (χ3n) is 5.98. The van der Waals surface area contributed by atoms with Crippen LogP contribution in [0.2, 0.25) is 5.02 Å². The molecule has 11 heteroatoms. The zero-order chi connectivity index (χ0) is 25.2. The Kier molecular flexibility index (Phi) is 7.23. The Morgan fingerprint density at radius 1 is 1.11 bits per heavy atom. The molecule has 2 N–H and O–H groups in total. The number of esters is 1. The van der Waals surface area contributed by atoms with Crippen LogP contribution >= 0.6 is 11.6 Å². The molecule has 1 aliphatic heterocycles. The fourth-order valence-corrected chi connectivity index (χ4v) is 4.29. The number of hydrogen-bond acceptors (Lipinski definition) is 5. The number of amides is 1. The molecule has 3 aromatic rings. The summed E-state index contributed by atoms with van der Waals surface area (Å²) in [5.74, 6) is -0.894. The highest BCUT2D eigenvalue weighted by molar-refractivity contribution is 6.31. The van der Waals surface area contributed by atoms with Gasteiger partial charge in [-0.05, 0) is 36.4 Å². The third kappa shape index (κ3) is 5.71. The molecule has 2 aromatic carbocycles. The number of nitrogens with one attached hydrogen (secondary N) is 2. The molecule has 1 aliphatic rings. The van der Waals surface area contributed by atoms with Crippen LogP contribution in [0.5, 0.6) is 0 Å². The first-order chi connectivity index (χ1) is 16.7. The number of H-pyrrole nitrogens is 1. The number of anilines is 2. The fraction of sp³-hybridized carbons (Fsp3) is 0.333. The number of rotatable bonds is 6. The number of hydrogen-bond donors (Lipinski definition) is 2. The van der Waals surface area contributed by atoms with E-state index in [9.17, 15) is 22.8 Å². The van der Waals surface area contributed by atoms with Gasteiger partial charge in [-0.15, -0.1) is 0 Å². The largest absolute Gasteiger partial charge is 0.464 e. The van der Waals surface area contributed by atoms with Crippen LogP contribution in [0.1, 0.15) is 22.5 Å². The van der Waals surface area contributed by atoms with E-state index in [0.717, 1.165) is 12.1 Å². The highest BCUT2D eigenvalue weighted by Crippen LogP contribution is 2.32. The predicted molar refractivity (Wildman–Crippen MR) is 128 cm³/mol. The van der Waals surface area contributed by atoms with Gasteiger partial charge in [0.2, 0.25) is 5.91 Å². The summed E-state index contributed by atoms with van der Waals surface area (Å²) in [4.78, 5) is 31.8. The number of aromatic nitrogens is 1. The Morgan fingerprint density at radius 2 is 1.86 bits per heavy atom. The maximum atomic E-state index is 13.0. The lowest BCUT2D eigenvalue weighted by atomic mass is 10.1. The molecule has 0 saturated carbocycles. The van der Waals surface area contributed by atoms with E-state index in [4.69, 9.17) is 16.3 Å². The second-order valence-corrected chi connectivity index (χ2v) is 8.67. The maximum Gasteiger partial charge on any atom is 0.416 e. The monoisotopic (exact) mass is 508 g/mol. The highest BCUT2D eigenvalue weighted by atomic mass is 35.5. The van der Waals surface area contributed by atoms with Crippen molar-refractivity contribution in [3.8, 4) is 0 Å². The van der Waals surface area contributed by atoms with Crippen molar-refractivity contribution in [2.75, 3.05) is 50.1 Å². The van der Waals surface area contributed by atoms with Crippen LogP contribution in [0.25, 0.3) is 10.9 Å². The van der Waals surface area contributed by atoms with E-state index in [2.05, 4.69) is 15.2 Å². The molecule has 0 bridgehead atoms. The van der Waals surface area contributed by atoms with E-state index in [-0.39, 0.29) is 18.0 Å². The summed E-state index contributed by atoms with van der Waals surface area (Å²) < 4.78 is 43.8. The van der Waals surface area contributed by atoms with Gasteiger partial charge < -0.3 is 19.9 Å². The number of methoxy groups -OCH3 is 1. The Bertz CT molecular complexity index is 1240. The first-order valence-electron chi connectivity index (χ1n) is 11.0. The summed E-state index contributed by atoms with van der Waals surface area (Å²) in [7, 11) is 1.26. The Balaban J connectivity index is 1.35. The van der Waals surface area contributed by atoms with Gasteiger partial charge in [0.15, 0.2) is 0 Å². The SMILES string of the molecule is COC(=O)c1[nH]c2ccc(Cl)cc2c1NC(=O)CCN1CCN(c2cccc(C(F)(F)F)c2)CC1. The van der Waals surface area contributed by atoms with Crippen LogP contribution in [-0.4, -0.2) is 61.6 Å². The van der Waals surface area contributed by atoms with Gasteiger partial charge in [0.05, 0.1) is 18.4 Å². The summed E-state index contributed by atoms with van der Waals surface area (Å²) in [6, 6.07) is 10.3. The van der Waals surface area contributed by atoms with Crippen LogP contribution < -0.4 is 10.2 Å². The lowest BCUT2D eigenvalue weighted by Gasteiger charge is -2.36. The van der Waals surface area contributed by atoms with Crippen molar-refractivity contribution in [3.05, 3.63) is 58.7 Å². The second kappa shape index (κ2) is 10.2. The Labute approximate surface area is 204 Å². The van der Waals surface area contributed by atoms with Gasteiger partial charge in [0.25, 0.3) is 0 Å². The zero-order valence-electron chi connectivity index (χ0n) is 18.9. The number of alkyl halides is 3. The molecule has 1 saturated heterocycles. The summed E-state index contributed by atoms with van der Waals surface area (Å²) in [6.45, 7) is 2.80. The highest BCUT2D eigenvalue weighted by Gasteiger charge is 2.31. The van der Waals surface area contributed by atoms with E-state index in [1.54, 1.807) is 24.3 Å². The van der Waals surface area contributed by atoms with E-state index in [1.165, 1.54) is 13.2 Å². The molecule has 2 heterocycles. The number of carbonyl (C=O) groups is 2. The lowest BCUT2D eigenvalue weighted by molar-refractivity contribution is -0.137. The molecule has 1 fully saturated rings. The molecule has 1 amide bonds. The van der Waals surface area contributed by atoms with Crippen LogP contribution in [0, 0.1) is 0 Å². The molecule has 0 spiro atoms. The minimum absolute atomic E-state index is 0.132. The molecule has 0 aliphatic carbocycles. The number of nitrogens with zero attached hydrogens (tertiary/aromatic N) is 2. The van der Waals surface area contributed by atoms with E-state index >= 15 is 0 Å². The summed E-state index contributed by atoms with van der Waals surface area (Å²) in [6.07, 6.45) is -4.20. The number of carbonyl (C=O) groups excluding carboxylic acids is 2. The fourth-order valence-electron chi connectivity index (χ4n) is 4.12. The van der Waals surface area contributed by atoms with Gasteiger partial charge in [-0.3, -0.25) is 9.69 Å². The van der Waals surface area contributed by atoms with E-state index < -0.39 is 17.7 Å². The average molecular weight is 509 g/mol. The van der Waals surface area contributed by atoms with Crippen LogP contribution in [0.4, 0.5) is 24.5 Å². The number of fused-ring (bicyclic) bond motifs is 1. The minimum atomic E-state index is -4.38. The van der Waals surface area contributed by atoms with Crippen molar-refractivity contribution >= 4 is 45.8 Å². The Morgan fingerprint density at radius 3 is 2.54 bits per heavy atom. The Hall–Kier alpha value is -3.24. The van der Waals surface area contributed by atoms with Crippen LogP contribution in [-0.2, 0) is 15.7 Å². The number of aromatic amines is 1. The molecule has 0 radical (unpaired) electrons. The number of benzene rings is 2. The third-order valence-corrected chi connectivity index (χ3v) is 6.22. The van der Waals surface area contributed by atoms with Crippen molar-refractivity contribution < 1.29 is 27.5 Å². The van der Waals surface area contributed by atoms with Crippen LogP contribution in [0.15, 0.2) is 42.5 Å². The van der Waals surface area contributed by atoms with Gasteiger partial charge >= 0.3 is 12.1 Å². The van der Waals surface area contributed by atoms with Gasteiger partial charge in [0.1, 0.15) is 5.69 Å². The van der Waals surface area contributed by atoms with Gasteiger partial charge in [-0.25, -0.2) is 4.79 Å². The topological polar surface area (TPSA) is 77.7 Å². The normalized spacial score (nSPS) is 14.8. The molecule has 4 rings (SSSR count). The molecule has 0 unspecified atom stereocenters. The number of ether oxygens (including phenoxy) is 1. The van der Waals surface area contributed by atoms with Crippen molar-refractivity contribution in [3.63, 3.8) is 0 Å². The molecule has 7 nitrogen and oxygen atoms in total. The van der Waals surface area contributed by atoms with Crippen LogP contribution in [0.3, 0.4) is 0 Å².